The number of anilines is 1. The standard InChI is InChI=1S/C19H20N2OS/c1-14(2)18(22)21(13-12-15-8-4-3-5-9-15)19-20-16-10-6-7-11-17(16)23-19/h3-11,14H,12-13H2,1-2H3. The molecule has 0 N–H and O–H groups in total. The second-order valence-corrected chi connectivity index (χ2v) is 6.85. The van der Waals surface area contributed by atoms with Crippen molar-refractivity contribution in [2.24, 2.45) is 5.92 Å². The molecule has 0 spiro atoms. The molecule has 0 bridgehead atoms. The normalized spacial score (nSPS) is 11.1. The third-order valence-electron chi connectivity index (χ3n) is 3.74. The number of carbonyl (C=O) groups excluding carboxylic acids is 1. The van der Waals surface area contributed by atoms with E-state index in [9.17, 15) is 4.79 Å². The predicted octanol–water partition coefficient (Wildman–Crippen LogP) is 4.53. The molecular formula is C19H20N2OS. The molecule has 0 radical (unpaired) electrons. The summed E-state index contributed by atoms with van der Waals surface area (Å²) in [4.78, 5) is 19.1. The molecule has 1 amide bonds. The van der Waals surface area contributed by atoms with E-state index in [1.807, 2.05) is 61.2 Å². The monoisotopic (exact) mass is 324 g/mol. The van der Waals surface area contributed by atoms with Gasteiger partial charge in [0, 0.05) is 12.5 Å². The summed E-state index contributed by atoms with van der Waals surface area (Å²) in [5.41, 5.74) is 2.18. The van der Waals surface area contributed by atoms with E-state index >= 15 is 0 Å². The molecule has 23 heavy (non-hydrogen) atoms. The average Bonchev–Trinajstić information content (AvgIpc) is 2.99. The number of carbonyl (C=O) groups is 1. The van der Waals surface area contributed by atoms with Crippen LogP contribution in [-0.4, -0.2) is 17.4 Å². The van der Waals surface area contributed by atoms with Crippen molar-refractivity contribution in [3.63, 3.8) is 0 Å². The molecule has 3 rings (SSSR count). The van der Waals surface area contributed by atoms with Crippen molar-refractivity contribution in [3.8, 4) is 0 Å². The number of thiazole rings is 1. The first-order valence-corrected chi connectivity index (χ1v) is 8.67. The smallest absolute Gasteiger partial charge is 0.231 e. The fourth-order valence-corrected chi connectivity index (χ4v) is 3.47. The zero-order chi connectivity index (χ0) is 16.2. The number of amides is 1. The van der Waals surface area contributed by atoms with Crippen molar-refractivity contribution >= 4 is 32.6 Å². The first-order chi connectivity index (χ1) is 11.1. The van der Waals surface area contributed by atoms with Crippen molar-refractivity contribution < 1.29 is 4.79 Å². The number of nitrogens with zero attached hydrogens (tertiary/aromatic N) is 2. The van der Waals surface area contributed by atoms with Gasteiger partial charge in [0.1, 0.15) is 0 Å². The minimum Gasteiger partial charge on any atom is -0.288 e. The van der Waals surface area contributed by atoms with Crippen LogP contribution in [0.25, 0.3) is 10.2 Å². The second-order valence-electron chi connectivity index (χ2n) is 5.84. The molecule has 0 saturated heterocycles. The van der Waals surface area contributed by atoms with E-state index in [4.69, 9.17) is 0 Å². The largest absolute Gasteiger partial charge is 0.288 e. The van der Waals surface area contributed by atoms with Gasteiger partial charge in [0.25, 0.3) is 0 Å². The maximum atomic E-state index is 12.6. The molecule has 3 nitrogen and oxygen atoms in total. The Balaban J connectivity index is 1.87. The summed E-state index contributed by atoms with van der Waals surface area (Å²) < 4.78 is 1.11. The van der Waals surface area contributed by atoms with E-state index in [-0.39, 0.29) is 11.8 Å². The van der Waals surface area contributed by atoms with Crippen molar-refractivity contribution in [2.45, 2.75) is 20.3 Å². The third kappa shape index (κ3) is 3.59. The molecule has 0 aliphatic rings. The highest BCUT2D eigenvalue weighted by atomic mass is 32.1. The summed E-state index contributed by atoms with van der Waals surface area (Å²) in [5, 5.41) is 0.792. The average molecular weight is 324 g/mol. The van der Waals surface area contributed by atoms with Gasteiger partial charge in [-0.1, -0.05) is 67.6 Å². The molecule has 3 aromatic rings. The van der Waals surface area contributed by atoms with Crippen LogP contribution in [-0.2, 0) is 11.2 Å². The second kappa shape index (κ2) is 6.92. The first kappa shape index (κ1) is 15.7. The topological polar surface area (TPSA) is 33.2 Å². The molecule has 1 aromatic heterocycles. The summed E-state index contributed by atoms with van der Waals surface area (Å²) in [7, 11) is 0. The molecule has 0 aliphatic heterocycles. The fraction of sp³-hybridized carbons (Fsp3) is 0.263. The quantitative estimate of drug-likeness (QED) is 0.691. The van der Waals surface area contributed by atoms with Gasteiger partial charge >= 0.3 is 0 Å². The van der Waals surface area contributed by atoms with Gasteiger partial charge in [0.05, 0.1) is 10.2 Å². The van der Waals surface area contributed by atoms with E-state index in [0.29, 0.717) is 6.54 Å². The maximum absolute atomic E-state index is 12.6. The van der Waals surface area contributed by atoms with Gasteiger partial charge in [0.15, 0.2) is 5.13 Å². The lowest BCUT2D eigenvalue weighted by molar-refractivity contribution is -0.121. The van der Waals surface area contributed by atoms with Crippen LogP contribution in [0.2, 0.25) is 0 Å². The van der Waals surface area contributed by atoms with Crippen LogP contribution in [0.5, 0.6) is 0 Å². The van der Waals surface area contributed by atoms with Crippen LogP contribution in [0.15, 0.2) is 54.6 Å². The Hall–Kier alpha value is -2.20. The highest BCUT2D eigenvalue weighted by molar-refractivity contribution is 7.22. The Bertz CT molecular complexity index is 762. The molecule has 0 saturated carbocycles. The minimum atomic E-state index is -0.0437. The Morgan fingerprint density at radius 2 is 1.78 bits per heavy atom. The van der Waals surface area contributed by atoms with E-state index < -0.39 is 0 Å². The molecule has 0 unspecified atom stereocenters. The van der Waals surface area contributed by atoms with E-state index in [0.717, 1.165) is 21.8 Å². The molecule has 0 fully saturated rings. The van der Waals surface area contributed by atoms with Crippen LogP contribution in [0.4, 0.5) is 5.13 Å². The van der Waals surface area contributed by atoms with Gasteiger partial charge in [-0.15, -0.1) is 0 Å². The van der Waals surface area contributed by atoms with E-state index in [2.05, 4.69) is 17.1 Å². The van der Waals surface area contributed by atoms with Crippen molar-refractivity contribution in [3.05, 3.63) is 60.2 Å². The summed E-state index contributed by atoms with van der Waals surface area (Å²) in [6.45, 7) is 4.52. The minimum absolute atomic E-state index is 0.0437. The summed E-state index contributed by atoms with van der Waals surface area (Å²) in [5.74, 6) is 0.0813. The Morgan fingerprint density at radius 1 is 1.09 bits per heavy atom. The fourth-order valence-electron chi connectivity index (χ4n) is 2.47. The van der Waals surface area contributed by atoms with Gasteiger partial charge in [-0.3, -0.25) is 9.69 Å². The summed E-state index contributed by atoms with van der Waals surface area (Å²) in [6.07, 6.45) is 0.829. The molecule has 4 heteroatoms. The third-order valence-corrected chi connectivity index (χ3v) is 4.80. The van der Waals surface area contributed by atoms with Crippen LogP contribution in [0.3, 0.4) is 0 Å². The summed E-state index contributed by atoms with van der Waals surface area (Å²) in [6, 6.07) is 18.3. The molecule has 0 atom stereocenters. The number of hydrogen-bond acceptors (Lipinski definition) is 3. The van der Waals surface area contributed by atoms with Crippen LogP contribution in [0, 0.1) is 5.92 Å². The van der Waals surface area contributed by atoms with E-state index in [1.54, 1.807) is 11.3 Å². The van der Waals surface area contributed by atoms with Crippen molar-refractivity contribution in [1.29, 1.82) is 0 Å². The predicted molar refractivity (Wildman–Crippen MR) is 97.0 cm³/mol. The lowest BCUT2D eigenvalue weighted by Gasteiger charge is -2.21. The molecule has 1 heterocycles. The zero-order valence-electron chi connectivity index (χ0n) is 13.4. The van der Waals surface area contributed by atoms with Gasteiger partial charge in [0.2, 0.25) is 5.91 Å². The van der Waals surface area contributed by atoms with E-state index in [1.165, 1.54) is 5.56 Å². The number of fused-ring (bicyclic) bond motifs is 1. The Kier molecular flexibility index (Phi) is 4.72. The lowest BCUT2D eigenvalue weighted by atomic mass is 10.1. The van der Waals surface area contributed by atoms with Crippen LogP contribution in [0.1, 0.15) is 19.4 Å². The molecule has 118 valence electrons. The number of aromatic nitrogens is 1. The van der Waals surface area contributed by atoms with Gasteiger partial charge in [-0.2, -0.15) is 0 Å². The zero-order valence-corrected chi connectivity index (χ0v) is 14.2. The van der Waals surface area contributed by atoms with Gasteiger partial charge in [-0.05, 0) is 24.1 Å². The first-order valence-electron chi connectivity index (χ1n) is 7.86. The highest BCUT2D eigenvalue weighted by Crippen LogP contribution is 2.29. The van der Waals surface area contributed by atoms with Crippen molar-refractivity contribution in [1.82, 2.24) is 4.98 Å². The number of hydrogen-bond donors (Lipinski definition) is 0. The number of para-hydroxylation sites is 1. The lowest BCUT2D eigenvalue weighted by Crippen LogP contribution is -2.35. The maximum Gasteiger partial charge on any atom is 0.231 e. The van der Waals surface area contributed by atoms with Crippen LogP contribution < -0.4 is 4.90 Å². The Morgan fingerprint density at radius 3 is 2.48 bits per heavy atom. The van der Waals surface area contributed by atoms with Gasteiger partial charge < -0.3 is 0 Å². The highest BCUT2D eigenvalue weighted by Gasteiger charge is 2.21. The SMILES string of the molecule is CC(C)C(=O)N(CCc1ccccc1)c1nc2ccccc2s1. The van der Waals surface area contributed by atoms with Gasteiger partial charge in [-0.25, -0.2) is 4.98 Å². The molecule has 2 aromatic carbocycles. The number of benzene rings is 2. The number of rotatable bonds is 5. The molecule has 0 aliphatic carbocycles. The summed E-state index contributed by atoms with van der Waals surface area (Å²) >= 11 is 1.58. The van der Waals surface area contributed by atoms with Crippen LogP contribution >= 0.6 is 11.3 Å². The molecular weight excluding hydrogens is 304 g/mol. The Labute approximate surface area is 140 Å². The van der Waals surface area contributed by atoms with Crippen molar-refractivity contribution in [2.75, 3.05) is 11.4 Å².